The Hall–Kier alpha value is -3.52. The molecule has 0 unspecified atom stereocenters. The van der Waals surface area contributed by atoms with Crippen LogP contribution in [-0.4, -0.2) is 44.8 Å². The Bertz CT molecular complexity index is 1390. The van der Waals surface area contributed by atoms with E-state index in [4.69, 9.17) is 14.3 Å². The topological polar surface area (TPSA) is 123 Å². The number of hydroxylamine groups is 1. The maximum absolute atomic E-state index is 13.7. The van der Waals surface area contributed by atoms with Crippen molar-refractivity contribution in [2.45, 2.75) is 81.8 Å². The molecule has 0 radical (unpaired) electrons. The molecule has 2 amide bonds. The average molecular weight is 600 g/mol. The van der Waals surface area contributed by atoms with E-state index >= 15 is 0 Å². The number of carbonyl (C=O) groups excluding carboxylic acids is 2. The van der Waals surface area contributed by atoms with E-state index in [-0.39, 0.29) is 29.6 Å². The Balaban J connectivity index is 1.63. The number of hydrogen-bond acceptors (Lipinski definition) is 7. The molecule has 1 aliphatic heterocycles. The summed E-state index contributed by atoms with van der Waals surface area (Å²) in [7, 11) is -4.58. The summed E-state index contributed by atoms with van der Waals surface area (Å²) in [5, 5.41) is 2.51. The van der Waals surface area contributed by atoms with Crippen molar-refractivity contribution in [3.05, 3.63) is 48.0 Å². The van der Waals surface area contributed by atoms with Gasteiger partial charge in [0.1, 0.15) is 17.5 Å². The average Bonchev–Trinajstić information content (AvgIpc) is 3.39. The fraction of sp³-hybridized carbons (Fsp3) is 0.481. The normalized spacial score (nSPS) is 17.9. The van der Waals surface area contributed by atoms with Gasteiger partial charge in [0.15, 0.2) is 0 Å². The lowest BCUT2D eigenvalue weighted by atomic mass is 10.1. The van der Waals surface area contributed by atoms with Crippen LogP contribution in [0.25, 0.3) is 0 Å². The Labute approximate surface area is 236 Å². The summed E-state index contributed by atoms with van der Waals surface area (Å²) in [6, 6.07) is 7.53. The van der Waals surface area contributed by atoms with Gasteiger partial charge in [-0.3, -0.25) is 19.3 Å². The van der Waals surface area contributed by atoms with Gasteiger partial charge in [-0.15, -0.1) is 0 Å². The van der Waals surface area contributed by atoms with Gasteiger partial charge in [-0.2, -0.15) is 13.2 Å². The summed E-state index contributed by atoms with van der Waals surface area (Å²) < 4.78 is 79.7. The van der Waals surface area contributed by atoms with E-state index < -0.39 is 56.9 Å². The maximum Gasteiger partial charge on any atom is 0.416 e. The van der Waals surface area contributed by atoms with Crippen molar-refractivity contribution in [3.63, 3.8) is 0 Å². The highest BCUT2D eigenvalue weighted by Crippen LogP contribution is 2.40. The van der Waals surface area contributed by atoms with Gasteiger partial charge < -0.3 is 9.47 Å². The van der Waals surface area contributed by atoms with Gasteiger partial charge in [-0.25, -0.2) is 18.7 Å². The minimum absolute atomic E-state index is 0.0326. The van der Waals surface area contributed by atoms with Crippen molar-refractivity contribution >= 4 is 33.4 Å². The first-order valence-electron chi connectivity index (χ1n) is 13.1. The van der Waals surface area contributed by atoms with Gasteiger partial charge >= 0.3 is 12.3 Å². The number of fused-ring (bicyclic) bond motifs is 1. The summed E-state index contributed by atoms with van der Waals surface area (Å²) in [6.45, 7) is 4.63. The molecule has 2 N–H and O–H groups in total. The van der Waals surface area contributed by atoms with Gasteiger partial charge in [0.2, 0.25) is 5.91 Å². The number of anilines is 2. The quantitative estimate of drug-likeness (QED) is 0.409. The molecule has 14 heteroatoms. The molecule has 0 spiro atoms. The summed E-state index contributed by atoms with van der Waals surface area (Å²) in [5.41, 5.74) is 0.580. The Kier molecular flexibility index (Phi) is 8.73. The third-order valence-corrected chi connectivity index (χ3v) is 8.12. The van der Waals surface area contributed by atoms with Crippen molar-refractivity contribution in [2.75, 3.05) is 16.2 Å². The molecule has 10 nitrogen and oxygen atoms in total. The largest absolute Gasteiger partial charge is 0.486 e. The zero-order valence-corrected chi connectivity index (χ0v) is 23.6. The molecule has 1 atom stereocenters. The third-order valence-electron chi connectivity index (χ3n) is 6.34. The second kappa shape index (κ2) is 11.8. The molecule has 2 aromatic rings. The summed E-state index contributed by atoms with van der Waals surface area (Å²) in [5.74, 6) is -0.485. The van der Waals surface area contributed by atoms with E-state index in [1.54, 1.807) is 20.8 Å². The highest BCUT2D eigenvalue weighted by molar-refractivity contribution is 7.92. The highest BCUT2D eigenvalue weighted by Gasteiger charge is 2.38. The van der Waals surface area contributed by atoms with Crippen molar-refractivity contribution < 1.29 is 45.5 Å². The number of halogens is 3. The summed E-state index contributed by atoms with van der Waals surface area (Å²) in [4.78, 5) is 29.7. The predicted octanol–water partition coefficient (Wildman–Crippen LogP) is 5.39. The minimum Gasteiger partial charge on any atom is -0.486 e. The molecular weight excluding hydrogens is 567 g/mol. The van der Waals surface area contributed by atoms with E-state index in [0.717, 1.165) is 48.2 Å². The molecule has 0 saturated heterocycles. The summed E-state index contributed by atoms with van der Waals surface area (Å²) in [6.07, 6.45) is -3.30. The van der Waals surface area contributed by atoms with E-state index in [1.165, 1.54) is 18.2 Å². The number of nitrogens with one attached hydrogen (secondary N) is 2. The van der Waals surface area contributed by atoms with Crippen LogP contribution in [0.2, 0.25) is 0 Å². The molecule has 1 fully saturated rings. The Morgan fingerprint density at radius 1 is 1.07 bits per heavy atom. The van der Waals surface area contributed by atoms with Crippen LogP contribution in [0.15, 0.2) is 47.4 Å². The summed E-state index contributed by atoms with van der Waals surface area (Å²) >= 11 is 0. The second-order valence-electron chi connectivity index (χ2n) is 10.9. The molecule has 0 aromatic heterocycles. The number of alkyl halides is 3. The third kappa shape index (κ3) is 7.82. The first kappa shape index (κ1) is 30.4. The van der Waals surface area contributed by atoms with Crippen LogP contribution in [0.5, 0.6) is 5.75 Å². The SMILES string of the molecule is CC(C)(C)OC(=O)Nc1ccc2c(c1)N(S(=O)(=O)c1cccc(C(F)(F)F)c1)C[C@H](CC(=O)NOC1CCCC1)O2. The van der Waals surface area contributed by atoms with Crippen molar-refractivity contribution in [1.29, 1.82) is 0 Å². The number of sulfonamides is 1. The number of rotatable bonds is 7. The molecule has 1 aliphatic carbocycles. The van der Waals surface area contributed by atoms with Crippen LogP contribution in [0, 0.1) is 0 Å². The van der Waals surface area contributed by atoms with Gasteiger partial charge in [0, 0.05) is 5.69 Å². The highest BCUT2D eigenvalue weighted by atomic mass is 32.2. The molecule has 1 saturated carbocycles. The van der Waals surface area contributed by atoms with E-state index in [9.17, 15) is 31.2 Å². The zero-order valence-electron chi connectivity index (χ0n) is 22.8. The van der Waals surface area contributed by atoms with Crippen LogP contribution < -0.4 is 19.8 Å². The molecular formula is C27H32F3N3O7S. The van der Waals surface area contributed by atoms with Gasteiger partial charge in [-0.05, 0) is 70.0 Å². The van der Waals surface area contributed by atoms with Crippen LogP contribution >= 0.6 is 0 Å². The molecule has 4 rings (SSSR count). The first-order valence-corrected chi connectivity index (χ1v) is 14.5. The van der Waals surface area contributed by atoms with Crippen molar-refractivity contribution in [1.82, 2.24) is 5.48 Å². The molecule has 1 heterocycles. The smallest absolute Gasteiger partial charge is 0.416 e. The van der Waals surface area contributed by atoms with Crippen LogP contribution in [0.1, 0.15) is 58.4 Å². The standard InChI is InChI=1S/C27H32F3N3O7S/c1-26(2,3)39-25(35)31-18-11-12-23-22(14-18)33(41(36,37)21-10-6-7-17(13-21)27(28,29)30)16-20(38-23)15-24(34)32-40-19-8-4-5-9-19/h6-7,10-14,19-20H,4-5,8-9,15-16H2,1-3H3,(H,31,35)(H,32,34)/t20-/m0/s1. The second-order valence-corrected chi connectivity index (χ2v) is 12.7. The number of carbonyl (C=O) groups is 2. The van der Waals surface area contributed by atoms with Gasteiger partial charge in [0.25, 0.3) is 10.0 Å². The number of nitrogens with zero attached hydrogens (tertiary/aromatic N) is 1. The first-order chi connectivity index (χ1) is 19.1. The minimum atomic E-state index is -4.76. The van der Waals surface area contributed by atoms with Crippen LogP contribution in [-0.2, 0) is 30.6 Å². The van der Waals surface area contributed by atoms with Gasteiger partial charge in [-0.1, -0.05) is 18.9 Å². The molecule has 0 bridgehead atoms. The fourth-order valence-electron chi connectivity index (χ4n) is 4.51. The van der Waals surface area contributed by atoms with E-state index in [2.05, 4.69) is 10.8 Å². The number of amides is 2. The lowest BCUT2D eigenvalue weighted by Gasteiger charge is -2.35. The lowest BCUT2D eigenvalue weighted by molar-refractivity contribution is -0.140. The van der Waals surface area contributed by atoms with E-state index in [0.29, 0.717) is 6.07 Å². The lowest BCUT2D eigenvalue weighted by Crippen LogP contribution is -2.45. The fourth-order valence-corrected chi connectivity index (χ4v) is 6.05. The van der Waals surface area contributed by atoms with E-state index in [1.807, 2.05) is 0 Å². The molecule has 224 valence electrons. The molecule has 2 aliphatic rings. The predicted molar refractivity (Wildman–Crippen MR) is 143 cm³/mol. The van der Waals surface area contributed by atoms with Crippen LogP contribution in [0.4, 0.5) is 29.3 Å². The number of hydrogen-bond donors (Lipinski definition) is 2. The van der Waals surface area contributed by atoms with Crippen molar-refractivity contribution in [3.8, 4) is 5.75 Å². The van der Waals surface area contributed by atoms with Gasteiger partial charge in [0.05, 0.1) is 35.2 Å². The maximum atomic E-state index is 13.7. The monoisotopic (exact) mass is 599 g/mol. The Morgan fingerprint density at radius 2 is 1.78 bits per heavy atom. The van der Waals surface area contributed by atoms with Crippen molar-refractivity contribution in [2.24, 2.45) is 0 Å². The molecule has 2 aromatic carbocycles. The zero-order chi connectivity index (χ0) is 30.0. The Morgan fingerprint density at radius 3 is 2.44 bits per heavy atom. The van der Waals surface area contributed by atoms with Crippen LogP contribution in [0.3, 0.4) is 0 Å². The molecule has 41 heavy (non-hydrogen) atoms. The number of ether oxygens (including phenoxy) is 2. The number of benzene rings is 2.